The molecule has 0 radical (unpaired) electrons. The van der Waals surface area contributed by atoms with Crippen LogP contribution in [0, 0.1) is 0 Å². The van der Waals surface area contributed by atoms with Crippen LogP contribution in [0.1, 0.15) is 22.9 Å². The Morgan fingerprint density at radius 1 is 0.368 bits per heavy atom. The van der Waals surface area contributed by atoms with Gasteiger partial charge in [-0.05, 0) is 75.8 Å². The number of hydrogen-bond acceptors (Lipinski definition) is 3. The van der Waals surface area contributed by atoms with Crippen LogP contribution >= 0.6 is 0 Å². The zero-order chi connectivity index (χ0) is 45.0. The minimum atomic E-state index is -0.343. The van der Waals surface area contributed by atoms with Gasteiger partial charge in [0.05, 0.1) is 27.8 Å². The number of hydrogen-bond donors (Lipinski definition) is 1. The molecule has 3 heterocycles. The standard InChI is InChI=1S/C63H43N5/c1-6-21-42(22-7-1)46-37-38-53(63-65-61(44-25-10-3-11-26-44)64-62(66-63)45-27-12-4-13-28-45)57(41-46)68-55-35-19-16-31-51(55)58-49(33-20-36-56(58)68)50-40-39-48(43-23-8-2-9-24-43)60-59(50)52-32-17-18-34-54(52)67(60)47-29-14-5-15-30-47/h1-41,61H,(H,64,65,66). The highest BCUT2D eigenvalue weighted by Crippen LogP contribution is 2.47. The Labute approximate surface area is 394 Å². The number of benzene rings is 10. The summed E-state index contributed by atoms with van der Waals surface area (Å²) in [6, 6.07) is 88.9. The van der Waals surface area contributed by atoms with Gasteiger partial charge in [-0.15, -0.1) is 0 Å². The minimum Gasteiger partial charge on any atom is -0.344 e. The summed E-state index contributed by atoms with van der Waals surface area (Å²) in [5, 5.41) is 8.60. The lowest BCUT2D eigenvalue weighted by atomic mass is 9.92. The monoisotopic (exact) mass is 869 g/mol. The maximum Gasteiger partial charge on any atom is 0.159 e. The summed E-state index contributed by atoms with van der Waals surface area (Å²) in [4.78, 5) is 10.6. The molecule has 1 unspecified atom stereocenters. The van der Waals surface area contributed by atoms with Crippen LogP contribution in [-0.2, 0) is 0 Å². The van der Waals surface area contributed by atoms with E-state index in [1.165, 1.54) is 54.8 Å². The highest BCUT2D eigenvalue weighted by atomic mass is 15.2. The van der Waals surface area contributed by atoms with Gasteiger partial charge in [-0.2, -0.15) is 0 Å². The van der Waals surface area contributed by atoms with Gasteiger partial charge < -0.3 is 14.5 Å². The van der Waals surface area contributed by atoms with Gasteiger partial charge in [0.1, 0.15) is 12.0 Å². The number of aliphatic imine (C=N–C) groups is 2. The van der Waals surface area contributed by atoms with Crippen molar-refractivity contribution >= 4 is 55.3 Å². The van der Waals surface area contributed by atoms with Crippen molar-refractivity contribution in [3.05, 3.63) is 265 Å². The van der Waals surface area contributed by atoms with Crippen molar-refractivity contribution in [2.75, 3.05) is 0 Å². The molecule has 0 fully saturated rings. The summed E-state index contributed by atoms with van der Waals surface area (Å²) in [5.41, 5.74) is 16.7. The van der Waals surface area contributed by atoms with E-state index in [2.05, 4.69) is 239 Å². The van der Waals surface area contributed by atoms with Crippen LogP contribution in [0.4, 0.5) is 0 Å². The van der Waals surface area contributed by atoms with Gasteiger partial charge >= 0.3 is 0 Å². The van der Waals surface area contributed by atoms with E-state index in [4.69, 9.17) is 9.98 Å². The van der Waals surface area contributed by atoms with E-state index in [0.29, 0.717) is 5.84 Å². The molecule has 12 aromatic rings. The van der Waals surface area contributed by atoms with Gasteiger partial charge in [-0.25, -0.2) is 9.98 Å². The number of nitrogens with zero attached hydrogens (tertiary/aromatic N) is 4. The van der Waals surface area contributed by atoms with Crippen LogP contribution in [0.2, 0.25) is 0 Å². The first kappa shape index (κ1) is 39.3. The lowest BCUT2D eigenvalue weighted by molar-refractivity contribution is 0.674. The third-order valence-electron chi connectivity index (χ3n) is 13.4. The average Bonchev–Trinajstić information content (AvgIpc) is 3.95. The van der Waals surface area contributed by atoms with Crippen molar-refractivity contribution in [2.45, 2.75) is 6.17 Å². The van der Waals surface area contributed by atoms with Crippen molar-refractivity contribution in [2.24, 2.45) is 9.98 Å². The lowest BCUT2D eigenvalue weighted by Gasteiger charge is -2.25. The fraction of sp³-hybridized carbons (Fsp3) is 0.0159. The van der Waals surface area contributed by atoms with Gasteiger partial charge in [-0.3, -0.25) is 0 Å². The van der Waals surface area contributed by atoms with E-state index in [-0.39, 0.29) is 6.17 Å². The molecule has 0 amide bonds. The number of para-hydroxylation sites is 3. The average molecular weight is 870 g/mol. The van der Waals surface area contributed by atoms with Crippen LogP contribution in [0.25, 0.3) is 88.4 Å². The number of nitrogens with one attached hydrogen (secondary N) is 1. The van der Waals surface area contributed by atoms with Crippen molar-refractivity contribution in [1.82, 2.24) is 14.5 Å². The lowest BCUT2D eigenvalue weighted by Crippen LogP contribution is -2.34. The van der Waals surface area contributed by atoms with Crippen LogP contribution in [0.5, 0.6) is 0 Å². The topological polar surface area (TPSA) is 46.6 Å². The first-order chi connectivity index (χ1) is 33.8. The first-order valence-electron chi connectivity index (χ1n) is 23.2. The second-order valence-electron chi connectivity index (χ2n) is 17.3. The van der Waals surface area contributed by atoms with Gasteiger partial charge in [0.2, 0.25) is 0 Å². The Hall–Kier alpha value is -9.06. The molecule has 2 aromatic heterocycles. The molecular weight excluding hydrogens is 827 g/mol. The summed E-state index contributed by atoms with van der Waals surface area (Å²) < 4.78 is 4.91. The largest absolute Gasteiger partial charge is 0.344 e. The Kier molecular flexibility index (Phi) is 9.50. The molecule has 320 valence electrons. The molecule has 1 atom stereocenters. The molecule has 0 bridgehead atoms. The molecule has 1 aliphatic heterocycles. The van der Waals surface area contributed by atoms with Crippen LogP contribution in [0.3, 0.4) is 0 Å². The van der Waals surface area contributed by atoms with E-state index in [0.717, 1.165) is 56.1 Å². The highest BCUT2D eigenvalue weighted by Gasteiger charge is 2.27. The van der Waals surface area contributed by atoms with Crippen LogP contribution < -0.4 is 5.32 Å². The molecule has 5 heteroatoms. The van der Waals surface area contributed by atoms with E-state index in [1.807, 2.05) is 24.3 Å². The predicted octanol–water partition coefficient (Wildman–Crippen LogP) is 15.4. The Bertz CT molecular complexity index is 3910. The molecule has 0 aliphatic carbocycles. The van der Waals surface area contributed by atoms with Gasteiger partial charge in [-0.1, -0.05) is 206 Å². The molecule has 1 N–H and O–H groups in total. The molecule has 13 rings (SSSR count). The molecule has 5 nitrogen and oxygen atoms in total. The maximum atomic E-state index is 5.36. The molecule has 0 saturated heterocycles. The third kappa shape index (κ3) is 6.55. The molecule has 68 heavy (non-hydrogen) atoms. The molecule has 1 aliphatic rings. The highest BCUT2D eigenvalue weighted by molar-refractivity contribution is 6.24. The summed E-state index contributed by atoms with van der Waals surface area (Å²) in [7, 11) is 0. The summed E-state index contributed by atoms with van der Waals surface area (Å²) in [6.07, 6.45) is -0.343. The fourth-order valence-electron chi connectivity index (χ4n) is 10.4. The molecule has 0 saturated carbocycles. The number of fused-ring (bicyclic) bond motifs is 6. The molecule has 10 aromatic carbocycles. The second kappa shape index (κ2) is 16.4. The van der Waals surface area contributed by atoms with Gasteiger partial charge in [0, 0.05) is 43.9 Å². The van der Waals surface area contributed by atoms with Crippen LogP contribution in [-0.4, -0.2) is 20.8 Å². The summed E-state index contributed by atoms with van der Waals surface area (Å²) >= 11 is 0. The normalized spacial score (nSPS) is 13.7. The smallest absolute Gasteiger partial charge is 0.159 e. The van der Waals surface area contributed by atoms with Gasteiger partial charge in [0.25, 0.3) is 0 Å². The van der Waals surface area contributed by atoms with Crippen molar-refractivity contribution in [3.63, 3.8) is 0 Å². The van der Waals surface area contributed by atoms with E-state index >= 15 is 0 Å². The molecule has 0 spiro atoms. The van der Waals surface area contributed by atoms with Crippen molar-refractivity contribution < 1.29 is 0 Å². The van der Waals surface area contributed by atoms with Crippen molar-refractivity contribution in [3.8, 4) is 44.8 Å². The Morgan fingerprint density at radius 3 is 1.60 bits per heavy atom. The zero-order valence-corrected chi connectivity index (χ0v) is 37.0. The van der Waals surface area contributed by atoms with E-state index in [1.54, 1.807) is 0 Å². The molecular formula is C63H43N5. The summed E-state index contributed by atoms with van der Waals surface area (Å²) in [5.74, 6) is 1.45. The van der Waals surface area contributed by atoms with Gasteiger partial charge in [0.15, 0.2) is 5.84 Å². The Balaban J connectivity index is 1.10. The SMILES string of the molecule is c1ccc(C2=NC(c3ccccc3)NC(c3ccc(-c4ccccc4)cc3-n3c4ccccc4c4c(-c5ccc(-c6ccccc6)c6c5c5ccccc5n6-c5ccccc5)cccc43)=N2)cc1. The van der Waals surface area contributed by atoms with Crippen molar-refractivity contribution in [1.29, 1.82) is 0 Å². The second-order valence-corrected chi connectivity index (χ2v) is 17.3. The third-order valence-corrected chi connectivity index (χ3v) is 13.4. The fourth-order valence-corrected chi connectivity index (χ4v) is 10.4. The van der Waals surface area contributed by atoms with E-state index in [9.17, 15) is 0 Å². The number of rotatable bonds is 8. The predicted molar refractivity (Wildman–Crippen MR) is 283 cm³/mol. The number of aromatic nitrogens is 2. The first-order valence-corrected chi connectivity index (χ1v) is 23.2. The quantitative estimate of drug-likeness (QED) is 0.162. The minimum absolute atomic E-state index is 0.343. The Morgan fingerprint density at radius 2 is 0.897 bits per heavy atom. The zero-order valence-electron chi connectivity index (χ0n) is 37.0. The number of amidine groups is 2. The maximum absolute atomic E-state index is 5.36. The van der Waals surface area contributed by atoms with E-state index < -0.39 is 0 Å². The van der Waals surface area contributed by atoms with Crippen LogP contribution in [0.15, 0.2) is 259 Å². The summed E-state index contributed by atoms with van der Waals surface area (Å²) in [6.45, 7) is 0.